The maximum atomic E-state index is 14.8. The van der Waals surface area contributed by atoms with E-state index in [9.17, 15) is 79.5 Å². The molecule has 0 saturated carbocycles. The molecule has 3 saturated heterocycles. The first-order chi connectivity index (χ1) is 42.0. The molecule has 4 aromatic rings. The van der Waals surface area contributed by atoms with E-state index in [-0.39, 0.29) is 49.7 Å². The number of amides is 6. The fourth-order valence-corrected chi connectivity index (χ4v) is 11.2. The van der Waals surface area contributed by atoms with Gasteiger partial charge in [0.1, 0.15) is 47.9 Å². The number of ether oxygens (including phenoxy) is 1. The molecule has 3 aliphatic heterocycles. The van der Waals surface area contributed by atoms with Crippen LogP contribution < -0.4 is 36.6 Å². The number of nitrogens with one attached hydrogen (secondary N) is 6. The summed E-state index contributed by atoms with van der Waals surface area (Å²) in [5.41, 5.74) is 3.50. The van der Waals surface area contributed by atoms with Crippen molar-refractivity contribution in [2.75, 3.05) is 45.9 Å². The summed E-state index contributed by atoms with van der Waals surface area (Å²) in [6, 6.07) is 17.8. The molecule has 3 heterocycles. The van der Waals surface area contributed by atoms with Crippen molar-refractivity contribution in [3.63, 3.8) is 0 Å². The van der Waals surface area contributed by atoms with Crippen LogP contribution in [0, 0.1) is 11.8 Å². The highest BCUT2D eigenvalue weighted by Gasteiger charge is 2.50. The third kappa shape index (κ3) is 17.2. The van der Waals surface area contributed by atoms with Crippen molar-refractivity contribution >= 4 is 41.2 Å². The zero-order valence-corrected chi connectivity index (χ0v) is 49.8. The van der Waals surface area contributed by atoms with E-state index < -0.39 is 158 Å². The summed E-state index contributed by atoms with van der Waals surface area (Å²) < 4.78 is 5.86. The van der Waals surface area contributed by atoms with Gasteiger partial charge in [0.25, 0.3) is 5.91 Å². The molecule has 6 unspecified atom stereocenters. The molecule has 478 valence electrons. The third-order valence-corrected chi connectivity index (χ3v) is 16.3. The summed E-state index contributed by atoms with van der Waals surface area (Å²) in [7, 11) is 0. The van der Waals surface area contributed by atoms with Crippen LogP contribution in [0.3, 0.4) is 0 Å². The molecule has 15 N–H and O–H groups in total. The lowest BCUT2D eigenvalue weighted by Gasteiger charge is -2.34. The van der Waals surface area contributed by atoms with Gasteiger partial charge in [0.05, 0.1) is 61.8 Å². The van der Waals surface area contributed by atoms with Crippen LogP contribution in [0.4, 0.5) is 0 Å². The quantitative estimate of drug-likeness (QED) is 0.0489. The van der Waals surface area contributed by atoms with Crippen LogP contribution in [-0.4, -0.2) is 216 Å². The van der Waals surface area contributed by atoms with Crippen molar-refractivity contribution in [3.8, 4) is 33.8 Å². The number of hydrogen-bond donors (Lipinski definition) is 15. The van der Waals surface area contributed by atoms with E-state index in [2.05, 4.69) is 38.8 Å². The summed E-state index contributed by atoms with van der Waals surface area (Å²) in [4.78, 5) is 104. The Morgan fingerprint density at radius 2 is 1.25 bits per heavy atom. The van der Waals surface area contributed by atoms with Gasteiger partial charge in [-0.15, -0.1) is 0 Å². The van der Waals surface area contributed by atoms with Gasteiger partial charge in [-0.3, -0.25) is 38.9 Å². The first kappa shape index (κ1) is 68.1. The largest absolute Gasteiger partial charge is 0.508 e. The highest BCUT2D eigenvalue weighted by atomic mass is 16.5. The topological polar surface area (TPSA) is 389 Å². The monoisotopic (exact) mass is 1220 g/mol. The maximum Gasteiger partial charge on any atom is 0.251 e. The predicted molar refractivity (Wildman–Crippen MR) is 320 cm³/mol. The smallest absolute Gasteiger partial charge is 0.251 e. The molecule has 3 aliphatic rings. The van der Waals surface area contributed by atoms with E-state index in [1.54, 1.807) is 12.1 Å². The van der Waals surface area contributed by atoms with Gasteiger partial charge >= 0.3 is 0 Å². The Hall–Kier alpha value is -7.43. The number of hydrogen-bond acceptors (Lipinski definition) is 19. The second kappa shape index (κ2) is 31.7. The van der Waals surface area contributed by atoms with Crippen molar-refractivity contribution in [1.29, 1.82) is 0 Å². The van der Waals surface area contributed by atoms with E-state index in [0.29, 0.717) is 6.61 Å². The number of phenolic OH excluding ortho intramolecular Hbond substituents is 1. The minimum atomic E-state index is -2.18. The van der Waals surface area contributed by atoms with Crippen LogP contribution in [0.25, 0.3) is 22.3 Å². The van der Waals surface area contributed by atoms with Gasteiger partial charge in [0, 0.05) is 63.5 Å². The zero-order valence-electron chi connectivity index (χ0n) is 49.8. The second-order valence-corrected chi connectivity index (χ2v) is 23.0. The fourth-order valence-electron chi connectivity index (χ4n) is 11.2. The number of aliphatic hydroxyl groups excluding tert-OH is 8. The number of nitrogens with zero attached hydrogens (tertiary/aromatic N) is 2. The third-order valence-electron chi connectivity index (χ3n) is 16.3. The number of ketones is 1. The Balaban J connectivity index is 1.22. The molecule has 15 atom stereocenters. The molecule has 0 spiro atoms. The van der Waals surface area contributed by atoms with E-state index in [1.165, 1.54) is 43.3 Å². The molecule has 6 amide bonds. The van der Waals surface area contributed by atoms with Crippen LogP contribution >= 0.6 is 0 Å². The zero-order chi connectivity index (χ0) is 63.9. The molecular formula is C63H84N8O17. The van der Waals surface area contributed by atoms with Crippen LogP contribution in [0.15, 0.2) is 97.1 Å². The molecule has 0 aromatic heterocycles. The summed E-state index contributed by atoms with van der Waals surface area (Å²) >= 11 is 0. The molecule has 0 bridgehead atoms. The number of carbonyl (C=O) groups excluding carboxylic acids is 7. The van der Waals surface area contributed by atoms with Crippen LogP contribution in [0.1, 0.15) is 88.2 Å². The number of fused-ring (bicyclic) bond motifs is 2. The number of unbranched alkanes of at least 4 members (excludes halogenated alkanes) is 2. The maximum absolute atomic E-state index is 14.8. The minimum Gasteiger partial charge on any atom is -0.508 e. The van der Waals surface area contributed by atoms with E-state index in [1.807, 2.05) is 48.5 Å². The average molecular weight is 1230 g/mol. The lowest BCUT2D eigenvalue weighted by atomic mass is 9.86. The first-order valence-electron chi connectivity index (χ1n) is 29.9. The Labute approximate surface area is 510 Å². The van der Waals surface area contributed by atoms with E-state index >= 15 is 0 Å². The number of rotatable bonds is 20. The van der Waals surface area contributed by atoms with Crippen LogP contribution in [0.2, 0.25) is 0 Å². The van der Waals surface area contributed by atoms with Crippen molar-refractivity contribution < 1.29 is 84.3 Å². The molecular weight excluding hydrogens is 1140 g/mol. The fraction of sp³-hybridized carbons (Fsp3) is 0.508. The van der Waals surface area contributed by atoms with Gasteiger partial charge in [0.2, 0.25) is 29.5 Å². The number of benzene rings is 4. The van der Waals surface area contributed by atoms with Gasteiger partial charge in [-0.1, -0.05) is 87.4 Å². The molecule has 0 radical (unpaired) electrons. The van der Waals surface area contributed by atoms with Crippen molar-refractivity contribution in [1.82, 2.24) is 41.7 Å². The molecule has 88 heavy (non-hydrogen) atoms. The number of Topliss-reactive ketones (excluding diaryl/α,β-unsaturated/α-hetero) is 1. The number of carbonyl (C=O) groups is 7. The standard InChI is InChI=1S/C63H84N8O17/c1-5-6-7-28-88-45-22-18-40(19-23-45)38-10-8-37(9-11-38)39-12-14-42(15-13-39)58(82)66-47-31-50(78)57(65-25-24-64-26-27-72)69-61(85)53-54(79)34(2)32-71(53)63(87)52(36(4)74)67-59(83)46(56(81)55(80)41-16-20-43(75)21-17-41)30-49(77)48-29-44(76)33-70(48)62(86)51(35(3)73)68-60(47)84/h8-23,34-36,44,46-48,50-57,64-65,72-76,78-81H,5-7,24-33H2,1-4H3,(H,66,82)(H,67,83)(H,68,84)(H,69,85)/t34-,35+,36+,44+,46?,47-,48?,50+,51?,52?,53?,54-,55-,56-,57?/m0/s1. The highest BCUT2D eigenvalue weighted by molar-refractivity contribution is 6.00. The molecule has 0 aliphatic carbocycles. The normalized spacial score (nSPS) is 26.6. The number of aliphatic hydroxyl groups is 8. The lowest BCUT2D eigenvalue weighted by Crippen LogP contribution is -2.63. The minimum absolute atomic E-state index is 0.0280. The van der Waals surface area contributed by atoms with Gasteiger partial charge in [-0.05, 0) is 84.5 Å². The molecule has 7 rings (SSSR count). The summed E-state index contributed by atoms with van der Waals surface area (Å²) in [6.45, 7) is 5.76. The van der Waals surface area contributed by atoms with Crippen molar-refractivity contribution in [2.45, 2.75) is 145 Å². The summed E-state index contributed by atoms with van der Waals surface area (Å²) in [6.07, 6.45) is -13.0. The highest BCUT2D eigenvalue weighted by Crippen LogP contribution is 2.32. The predicted octanol–water partition coefficient (Wildman–Crippen LogP) is -0.657. The Kier molecular flexibility index (Phi) is 24.5. The van der Waals surface area contributed by atoms with Crippen molar-refractivity contribution in [3.05, 3.63) is 108 Å². The molecule has 4 aromatic carbocycles. The van der Waals surface area contributed by atoms with E-state index in [4.69, 9.17) is 4.74 Å². The Morgan fingerprint density at radius 1 is 0.682 bits per heavy atom. The molecule has 25 nitrogen and oxygen atoms in total. The van der Waals surface area contributed by atoms with Crippen molar-refractivity contribution in [2.24, 2.45) is 11.8 Å². The lowest BCUT2D eigenvalue weighted by molar-refractivity contribution is -0.148. The first-order valence-corrected chi connectivity index (χ1v) is 29.9. The van der Waals surface area contributed by atoms with Gasteiger partial charge in [-0.2, -0.15) is 0 Å². The average Bonchev–Trinajstić information content (AvgIpc) is 2.10. The van der Waals surface area contributed by atoms with Crippen LogP contribution in [-0.2, 0) is 28.8 Å². The molecule has 25 heteroatoms. The second-order valence-electron chi connectivity index (χ2n) is 23.0. The van der Waals surface area contributed by atoms with Gasteiger partial charge in [0.15, 0.2) is 5.78 Å². The SMILES string of the molecule is CCCCCOc1ccc(-c2ccc(-c3ccc(C(=O)N[C@H]4C[C@@H](O)C(NCCNCCO)NC(=O)C5[C@@H](O)[C@@H](C)CN5C(=O)C([C@@H](C)O)NC(=O)C([C@H](O)[C@@H](O)c5ccc(O)cc5)CC(=O)C5C[C@@H](O)CN5C(=O)C([C@@H](C)O)NC4=O)cc3)cc2)cc1. The molecule has 3 fully saturated rings. The summed E-state index contributed by atoms with van der Waals surface area (Å²) in [5.74, 6) is -9.76. The van der Waals surface area contributed by atoms with Crippen LogP contribution in [0.5, 0.6) is 11.5 Å². The van der Waals surface area contributed by atoms with Gasteiger partial charge in [-0.25, -0.2) is 0 Å². The summed E-state index contributed by atoms with van der Waals surface area (Å²) in [5, 5.41) is 116. The van der Waals surface area contributed by atoms with Gasteiger partial charge < -0.3 is 87.1 Å². The van der Waals surface area contributed by atoms with E-state index in [0.717, 1.165) is 70.9 Å². The number of aromatic hydroxyl groups is 1. The Morgan fingerprint density at radius 3 is 1.83 bits per heavy atom. The number of phenols is 1. The Bertz CT molecular complexity index is 2990.